The first-order chi connectivity index (χ1) is 10.3. The van der Waals surface area contributed by atoms with Crippen molar-refractivity contribution in [1.82, 2.24) is 0 Å². The minimum absolute atomic E-state index is 0.106. The van der Waals surface area contributed by atoms with Crippen LogP contribution in [0.3, 0.4) is 0 Å². The molecule has 21 heavy (non-hydrogen) atoms. The maximum absolute atomic E-state index is 5.87. The van der Waals surface area contributed by atoms with Crippen LogP contribution in [-0.4, -0.2) is 0 Å². The van der Waals surface area contributed by atoms with Gasteiger partial charge in [-0.05, 0) is 29.3 Å². The van der Waals surface area contributed by atoms with Gasteiger partial charge in [-0.15, -0.1) is 0 Å². The lowest BCUT2D eigenvalue weighted by Crippen LogP contribution is -2.12. The standard InChI is InChI=1S/C19H18N2/c20-17-12-7-13-18(14-17)21-19(15-8-3-1-4-9-15)16-10-5-2-6-11-16/h1-14,19,21H,20H2. The van der Waals surface area contributed by atoms with Crippen molar-refractivity contribution in [2.45, 2.75) is 6.04 Å². The van der Waals surface area contributed by atoms with Crippen LogP contribution in [0.4, 0.5) is 11.4 Å². The average molecular weight is 274 g/mol. The lowest BCUT2D eigenvalue weighted by Gasteiger charge is -2.21. The predicted molar refractivity (Wildman–Crippen MR) is 89.2 cm³/mol. The molecule has 0 aromatic heterocycles. The number of nitrogens with one attached hydrogen (secondary N) is 1. The molecule has 3 aromatic carbocycles. The summed E-state index contributed by atoms with van der Waals surface area (Å²) in [6.07, 6.45) is 0. The Kier molecular flexibility index (Phi) is 3.88. The molecule has 3 rings (SSSR count). The van der Waals surface area contributed by atoms with Crippen molar-refractivity contribution >= 4 is 11.4 Å². The summed E-state index contributed by atoms with van der Waals surface area (Å²) < 4.78 is 0. The van der Waals surface area contributed by atoms with E-state index in [4.69, 9.17) is 5.73 Å². The number of anilines is 2. The highest BCUT2D eigenvalue weighted by atomic mass is 14.9. The molecule has 0 spiro atoms. The molecule has 0 unspecified atom stereocenters. The molecule has 0 heterocycles. The zero-order chi connectivity index (χ0) is 14.5. The lowest BCUT2D eigenvalue weighted by atomic mass is 9.98. The van der Waals surface area contributed by atoms with E-state index in [1.54, 1.807) is 0 Å². The van der Waals surface area contributed by atoms with Crippen molar-refractivity contribution in [1.29, 1.82) is 0 Å². The van der Waals surface area contributed by atoms with Crippen LogP contribution in [0.1, 0.15) is 17.2 Å². The summed E-state index contributed by atoms with van der Waals surface area (Å²) in [5.41, 5.74) is 10.1. The zero-order valence-corrected chi connectivity index (χ0v) is 11.7. The summed E-state index contributed by atoms with van der Waals surface area (Å²) in [6.45, 7) is 0. The summed E-state index contributed by atoms with van der Waals surface area (Å²) in [7, 11) is 0. The van der Waals surface area contributed by atoms with Gasteiger partial charge in [0.15, 0.2) is 0 Å². The topological polar surface area (TPSA) is 38.0 Å². The molecule has 2 heteroatoms. The molecule has 0 aliphatic carbocycles. The van der Waals surface area contributed by atoms with Gasteiger partial charge >= 0.3 is 0 Å². The Morgan fingerprint density at radius 1 is 0.667 bits per heavy atom. The second-order valence-corrected chi connectivity index (χ2v) is 5.02. The van der Waals surface area contributed by atoms with E-state index in [0.29, 0.717) is 0 Å². The molecule has 0 bridgehead atoms. The number of hydrogen-bond donors (Lipinski definition) is 2. The fraction of sp³-hybridized carbons (Fsp3) is 0.0526. The Hall–Kier alpha value is -2.74. The van der Waals surface area contributed by atoms with E-state index in [1.165, 1.54) is 11.1 Å². The van der Waals surface area contributed by atoms with Gasteiger partial charge in [-0.3, -0.25) is 0 Å². The van der Waals surface area contributed by atoms with Crippen molar-refractivity contribution in [2.24, 2.45) is 0 Å². The van der Waals surface area contributed by atoms with Gasteiger partial charge in [-0.25, -0.2) is 0 Å². The maximum Gasteiger partial charge on any atom is 0.0767 e. The normalized spacial score (nSPS) is 10.5. The first-order valence-corrected chi connectivity index (χ1v) is 7.05. The molecular weight excluding hydrogens is 256 g/mol. The van der Waals surface area contributed by atoms with Gasteiger partial charge in [0.2, 0.25) is 0 Å². The average Bonchev–Trinajstić information content (AvgIpc) is 2.54. The van der Waals surface area contributed by atoms with Crippen LogP contribution < -0.4 is 11.1 Å². The molecule has 0 aliphatic heterocycles. The van der Waals surface area contributed by atoms with E-state index < -0.39 is 0 Å². The minimum Gasteiger partial charge on any atom is -0.399 e. The third kappa shape index (κ3) is 3.23. The number of nitrogens with two attached hydrogens (primary N) is 1. The highest BCUT2D eigenvalue weighted by Crippen LogP contribution is 2.27. The van der Waals surface area contributed by atoms with Gasteiger partial charge < -0.3 is 11.1 Å². The Balaban J connectivity index is 1.97. The summed E-state index contributed by atoms with van der Waals surface area (Å²) in [6, 6.07) is 28.8. The highest BCUT2D eigenvalue weighted by molar-refractivity contribution is 5.56. The van der Waals surface area contributed by atoms with Gasteiger partial charge in [-0.2, -0.15) is 0 Å². The fourth-order valence-electron chi connectivity index (χ4n) is 2.45. The van der Waals surface area contributed by atoms with Crippen LogP contribution in [0.2, 0.25) is 0 Å². The maximum atomic E-state index is 5.87. The Bertz CT molecular complexity index is 654. The Morgan fingerprint density at radius 3 is 1.76 bits per heavy atom. The third-order valence-electron chi connectivity index (χ3n) is 3.46. The molecular formula is C19H18N2. The molecule has 0 saturated heterocycles. The van der Waals surface area contributed by atoms with E-state index in [0.717, 1.165) is 11.4 Å². The van der Waals surface area contributed by atoms with Crippen molar-refractivity contribution in [2.75, 3.05) is 11.1 Å². The van der Waals surface area contributed by atoms with Crippen molar-refractivity contribution in [3.63, 3.8) is 0 Å². The zero-order valence-electron chi connectivity index (χ0n) is 11.7. The van der Waals surface area contributed by atoms with Crippen LogP contribution in [-0.2, 0) is 0 Å². The molecule has 2 nitrogen and oxygen atoms in total. The van der Waals surface area contributed by atoms with Crippen LogP contribution in [0, 0.1) is 0 Å². The van der Waals surface area contributed by atoms with Crippen LogP contribution in [0.5, 0.6) is 0 Å². The summed E-state index contributed by atoms with van der Waals surface area (Å²) in [5.74, 6) is 0. The van der Waals surface area contributed by atoms with Crippen LogP contribution >= 0.6 is 0 Å². The van der Waals surface area contributed by atoms with E-state index in [-0.39, 0.29) is 6.04 Å². The van der Waals surface area contributed by atoms with Gasteiger partial charge in [0.05, 0.1) is 6.04 Å². The SMILES string of the molecule is Nc1cccc(NC(c2ccccc2)c2ccccc2)c1. The number of rotatable bonds is 4. The molecule has 0 atom stereocenters. The van der Waals surface area contributed by atoms with Crippen molar-refractivity contribution in [3.8, 4) is 0 Å². The molecule has 0 radical (unpaired) electrons. The van der Waals surface area contributed by atoms with E-state index in [1.807, 2.05) is 36.4 Å². The smallest absolute Gasteiger partial charge is 0.0767 e. The second-order valence-electron chi connectivity index (χ2n) is 5.02. The van der Waals surface area contributed by atoms with Gasteiger partial charge in [0.1, 0.15) is 0 Å². The predicted octanol–water partition coefficient (Wildman–Crippen LogP) is 4.47. The molecule has 0 aliphatic rings. The number of nitrogen functional groups attached to an aromatic ring is 1. The lowest BCUT2D eigenvalue weighted by molar-refractivity contribution is 0.939. The van der Waals surface area contributed by atoms with Gasteiger partial charge in [0.25, 0.3) is 0 Å². The molecule has 0 saturated carbocycles. The summed E-state index contributed by atoms with van der Waals surface area (Å²) >= 11 is 0. The molecule has 3 aromatic rings. The number of hydrogen-bond acceptors (Lipinski definition) is 2. The quantitative estimate of drug-likeness (QED) is 0.689. The molecule has 104 valence electrons. The number of benzene rings is 3. The third-order valence-corrected chi connectivity index (χ3v) is 3.46. The molecule has 3 N–H and O–H groups in total. The van der Waals surface area contributed by atoms with Crippen molar-refractivity contribution < 1.29 is 0 Å². The van der Waals surface area contributed by atoms with Gasteiger partial charge in [0, 0.05) is 11.4 Å². The summed E-state index contributed by atoms with van der Waals surface area (Å²) in [4.78, 5) is 0. The highest BCUT2D eigenvalue weighted by Gasteiger charge is 2.13. The first kappa shape index (κ1) is 13.3. The van der Waals surface area contributed by atoms with E-state index >= 15 is 0 Å². The fourth-order valence-corrected chi connectivity index (χ4v) is 2.45. The van der Waals surface area contributed by atoms with Crippen molar-refractivity contribution in [3.05, 3.63) is 96.1 Å². The monoisotopic (exact) mass is 274 g/mol. The summed E-state index contributed by atoms with van der Waals surface area (Å²) in [5, 5.41) is 3.57. The largest absolute Gasteiger partial charge is 0.399 e. The Labute approximate surface area is 125 Å². The van der Waals surface area contributed by atoms with Gasteiger partial charge in [-0.1, -0.05) is 66.7 Å². The van der Waals surface area contributed by atoms with Crippen LogP contribution in [0.15, 0.2) is 84.9 Å². The minimum atomic E-state index is 0.106. The Morgan fingerprint density at radius 2 is 1.24 bits per heavy atom. The van der Waals surface area contributed by atoms with E-state index in [2.05, 4.69) is 53.8 Å². The van der Waals surface area contributed by atoms with Crippen LogP contribution in [0.25, 0.3) is 0 Å². The molecule has 0 fully saturated rings. The van der Waals surface area contributed by atoms with E-state index in [9.17, 15) is 0 Å². The second kappa shape index (κ2) is 6.14. The molecule has 0 amide bonds. The first-order valence-electron chi connectivity index (χ1n) is 7.05.